The third-order valence-corrected chi connectivity index (χ3v) is 1.76. The van der Waals surface area contributed by atoms with Crippen molar-refractivity contribution in [1.82, 2.24) is 4.98 Å². The first kappa shape index (κ1) is 9.43. The maximum atomic E-state index is 8.81. The molecule has 0 unspecified atom stereocenters. The number of aromatic hydroxyl groups is 1. The molecule has 0 aliphatic rings. The Morgan fingerprint density at radius 2 is 2.20 bits per heavy atom. The molecule has 0 aromatic carbocycles. The van der Waals surface area contributed by atoms with E-state index in [1.165, 1.54) is 11.3 Å². The summed E-state index contributed by atoms with van der Waals surface area (Å²) in [5, 5.41) is 10.8. The molecule has 0 saturated carbocycles. The summed E-state index contributed by atoms with van der Waals surface area (Å²) in [7, 11) is 0. The molecule has 58 valence electrons. The Balaban J connectivity index is 0.000000810. The predicted molar refractivity (Wildman–Crippen MR) is 44.6 cm³/mol. The highest BCUT2D eigenvalue weighted by Gasteiger charge is 2.02. The monoisotopic (exact) mass is 159 g/mol. The van der Waals surface area contributed by atoms with Gasteiger partial charge in [0.05, 0.1) is 5.69 Å². The standard InChI is InChI=1S/C6H9NOS.CH4/c1-4(2)5-3-9-6(8)7-5;/h3-4H,1-2H3,(H,7,8);1H4. The molecular weight excluding hydrogens is 146 g/mol. The molecule has 10 heavy (non-hydrogen) atoms. The van der Waals surface area contributed by atoms with Crippen LogP contribution >= 0.6 is 11.3 Å². The molecule has 0 spiro atoms. The van der Waals surface area contributed by atoms with Crippen molar-refractivity contribution in [3.63, 3.8) is 0 Å². The summed E-state index contributed by atoms with van der Waals surface area (Å²) in [5.74, 6) is 0.419. The molecule has 0 aliphatic heterocycles. The fraction of sp³-hybridized carbons (Fsp3) is 0.571. The second-order valence-corrected chi connectivity index (χ2v) is 3.05. The molecular formula is C7H13NOS. The van der Waals surface area contributed by atoms with Crippen LogP contribution in [0.4, 0.5) is 0 Å². The number of rotatable bonds is 1. The molecule has 0 aliphatic carbocycles. The van der Waals surface area contributed by atoms with Crippen molar-refractivity contribution < 1.29 is 5.11 Å². The van der Waals surface area contributed by atoms with E-state index >= 15 is 0 Å². The molecule has 3 heteroatoms. The highest BCUT2D eigenvalue weighted by atomic mass is 32.1. The summed E-state index contributed by atoms with van der Waals surface area (Å²) < 4.78 is 0. The van der Waals surface area contributed by atoms with Crippen molar-refractivity contribution in [1.29, 1.82) is 0 Å². The number of hydrogen-bond donors (Lipinski definition) is 1. The van der Waals surface area contributed by atoms with Crippen molar-refractivity contribution in [3.05, 3.63) is 11.1 Å². The minimum atomic E-state index is 0. The van der Waals surface area contributed by atoms with Gasteiger partial charge >= 0.3 is 0 Å². The summed E-state index contributed by atoms with van der Waals surface area (Å²) in [5.41, 5.74) is 0.970. The Hall–Kier alpha value is -0.570. The van der Waals surface area contributed by atoms with E-state index in [0.717, 1.165) is 5.69 Å². The zero-order chi connectivity index (χ0) is 6.85. The van der Waals surface area contributed by atoms with E-state index in [-0.39, 0.29) is 12.6 Å². The third kappa shape index (κ3) is 1.99. The third-order valence-electron chi connectivity index (χ3n) is 1.10. The zero-order valence-electron chi connectivity index (χ0n) is 5.46. The van der Waals surface area contributed by atoms with Gasteiger partial charge in [-0.15, -0.1) is 0 Å². The van der Waals surface area contributed by atoms with Crippen LogP contribution in [-0.4, -0.2) is 10.1 Å². The number of nitrogens with zero attached hydrogens (tertiary/aromatic N) is 1. The lowest BCUT2D eigenvalue weighted by Gasteiger charge is -1.94. The lowest BCUT2D eigenvalue weighted by molar-refractivity contribution is 0.468. The first-order chi connectivity index (χ1) is 4.20. The van der Waals surface area contributed by atoms with Gasteiger partial charge in [-0.3, -0.25) is 0 Å². The van der Waals surface area contributed by atoms with E-state index in [0.29, 0.717) is 5.92 Å². The Morgan fingerprint density at radius 3 is 2.40 bits per heavy atom. The topological polar surface area (TPSA) is 33.1 Å². The zero-order valence-corrected chi connectivity index (χ0v) is 6.27. The van der Waals surface area contributed by atoms with Crippen LogP contribution < -0.4 is 0 Å². The number of hydrogen-bond acceptors (Lipinski definition) is 3. The molecule has 0 bridgehead atoms. The Morgan fingerprint density at radius 1 is 1.60 bits per heavy atom. The highest BCUT2D eigenvalue weighted by Crippen LogP contribution is 2.21. The first-order valence-corrected chi connectivity index (χ1v) is 3.72. The van der Waals surface area contributed by atoms with E-state index in [2.05, 4.69) is 18.8 Å². The Kier molecular flexibility index (Phi) is 3.36. The van der Waals surface area contributed by atoms with Gasteiger partial charge in [0, 0.05) is 5.38 Å². The summed E-state index contributed by atoms with van der Waals surface area (Å²) in [6.45, 7) is 4.10. The van der Waals surface area contributed by atoms with Gasteiger partial charge in [0.25, 0.3) is 5.19 Å². The van der Waals surface area contributed by atoms with Crippen LogP contribution in [-0.2, 0) is 0 Å². The molecule has 0 radical (unpaired) electrons. The number of aromatic nitrogens is 1. The van der Waals surface area contributed by atoms with Crippen molar-refractivity contribution in [2.45, 2.75) is 27.2 Å². The second kappa shape index (κ2) is 3.56. The molecule has 1 rings (SSSR count). The molecule has 2 nitrogen and oxygen atoms in total. The molecule has 1 aromatic rings. The summed E-state index contributed by atoms with van der Waals surface area (Å²) in [6, 6.07) is 0. The quantitative estimate of drug-likeness (QED) is 0.683. The fourth-order valence-corrected chi connectivity index (χ4v) is 1.25. The number of thiazole rings is 1. The van der Waals surface area contributed by atoms with Crippen LogP contribution in [0, 0.1) is 0 Å². The normalized spacial score (nSPS) is 9.50. The van der Waals surface area contributed by atoms with Crippen molar-refractivity contribution in [2.75, 3.05) is 0 Å². The van der Waals surface area contributed by atoms with Crippen LogP contribution in [0.3, 0.4) is 0 Å². The molecule has 0 atom stereocenters. The van der Waals surface area contributed by atoms with Gasteiger partial charge in [0.15, 0.2) is 0 Å². The van der Waals surface area contributed by atoms with Crippen molar-refractivity contribution in [2.24, 2.45) is 0 Å². The van der Waals surface area contributed by atoms with E-state index in [1.807, 2.05) is 5.38 Å². The maximum absolute atomic E-state index is 8.81. The SMILES string of the molecule is C.CC(C)c1csc(O)n1. The van der Waals surface area contributed by atoms with Crippen molar-refractivity contribution in [3.8, 4) is 5.19 Å². The van der Waals surface area contributed by atoms with Crippen LogP contribution in [0.5, 0.6) is 5.19 Å². The smallest absolute Gasteiger partial charge is 0.270 e. The van der Waals surface area contributed by atoms with Gasteiger partial charge < -0.3 is 5.11 Å². The molecule has 0 fully saturated rings. The lowest BCUT2D eigenvalue weighted by atomic mass is 10.2. The molecule has 1 heterocycles. The van der Waals surface area contributed by atoms with Crippen LogP contribution in [0.25, 0.3) is 0 Å². The second-order valence-electron chi connectivity index (χ2n) is 2.21. The minimum Gasteiger partial charge on any atom is -0.486 e. The van der Waals surface area contributed by atoms with E-state index in [4.69, 9.17) is 5.11 Å². The van der Waals surface area contributed by atoms with E-state index in [9.17, 15) is 0 Å². The predicted octanol–water partition coefficient (Wildman–Crippen LogP) is 2.61. The largest absolute Gasteiger partial charge is 0.486 e. The average Bonchev–Trinajstić information content (AvgIpc) is 2.14. The maximum Gasteiger partial charge on any atom is 0.270 e. The van der Waals surface area contributed by atoms with Crippen LogP contribution in [0.2, 0.25) is 0 Å². The average molecular weight is 159 g/mol. The molecule has 1 aromatic heterocycles. The van der Waals surface area contributed by atoms with Gasteiger partial charge in [0.2, 0.25) is 0 Å². The van der Waals surface area contributed by atoms with Gasteiger partial charge in [-0.2, -0.15) is 0 Å². The van der Waals surface area contributed by atoms with Crippen molar-refractivity contribution >= 4 is 11.3 Å². The molecule has 0 saturated heterocycles. The summed E-state index contributed by atoms with van der Waals surface area (Å²) in [4.78, 5) is 3.88. The van der Waals surface area contributed by atoms with Gasteiger partial charge in [-0.05, 0) is 5.92 Å². The molecule has 0 amide bonds. The van der Waals surface area contributed by atoms with Gasteiger partial charge in [-0.1, -0.05) is 32.6 Å². The van der Waals surface area contributed by atoms with Crippen LogP contribution in [0.1, 0.15) is 32.9 Å². The first-order valence-electron chi connectivity index (χ1n) is 2.84. The van der Waals surface area contributed by atoms with E-state index < -0.39 is 0 Å². The van der Waals surface area contributed by atoms with Gasteiger partial charge in [0.1, 0.15) is 0 Å². The molecule has 1 N–H and O–H groups in total. The lowest BCUT2D eigenvalue weighted by Crippen LogP contribution is -1.84. The van der Waals surface area contributed by atoms with Crippen LogP contribution in [0.15, 0.2) is 5.38 Å². The minimum absolute atomic E-state index is 0. The highest BCUT2D eigenvalue weighted by molar-refractivity contribution is 7.11. The summed E-state index contributed by atoms with van der Waals surface area (Å²) >= 11 is 1.28. The summed E-state index contributed by atoms with van der Waals surface area (Å²) in [6.07, 6.45) is 0. The van der Waals surface area contributed by atoms with E-state index in [1.54, 1.807) is 0 Å². The Labute approximate surface area is 65.6 Å². The van der Waals surface area contributed by atoms with Gasteiger partial charge in [-0.25, -0.2) is 4.98 Å². The Bertz CT molecular complexity index is 195. The fourth-order valence-electron chi connectivity index (χ4n) is 0.541.